The Labute approximate surface area is 125 Å². The number of nitrogens with zero attached hydrogens (tertiary/aromatic N) is 1. The molecule has 1 saturated carbocycles. The number of aliphatic hydroxyl groups is 1. The molecule has 1 aliphatic heterocycles. The first-order chi connectivity index (χ1) is 9.93. The maximum atomic E-state index is 12.9. The minimum absolute atomic E-state index is 0.0952. The van der Waals surface area contributed by atoms with Crippen molar-refractivity contribution in [1.82, 2.24) is 4.31 Å². The number of fused-ring (bicyclic) bond motifs is 1. The summed E-state index contributed by atoms with van der Waals surface area (Å²) in [5.74, 6) is 0.394. The highest BCUT2D eigenvalue weighted by molar-refractivity contribution is 7.89. The molecule has 21 heavy (non-hydrogen) atoms. The number of rotatable bonds is 3. The van der Waals surface area contributed by atoms with Gasteiger partial charge in [0.1, 0.15) is 0 Å². The Morgan fingerprint density at radius 3 is 2.76 bits per heavy atom. The van der Waals surface area contributed by atoms with Crippen LogP contribution in [0.3, 0.4) is 0 Å². The number of hydrogen-bond donors (Lipinski definition) is 2. The van der Waals surface area contributed by atoms with Crippen LogP contribution in [-0.2, 0) is 16.6 Å². The molecule has 3 N–H and O–H groups in total. The summed E-state index contributed by atoms with van der Waals surface area (Å²) in [7, 11) is -3.50. The highest BCUT2D eigenvalue weighted by Gasteiger charge is 2.45. The zero-order valence-corrected chi connectivity index (χ0v) is 13.0. The molecule has 2 aliphatic rings. The van der Waals surface area contributed by atoms with Gasteiger partial charge in [0.2, 0.25) is 10.0 Å². The van der Waals surface area contributed by atoms with E-state index in [1.54, 1.807) is 19.1 Å². The van der Waals surface area contributed by atoms with Crippen molar-refractivity contribution in [2.75, 3.05) is 13.1 Å². The molecule has 3 rings (SSSR count). The second kappa shape index (κ2) is 5.35. The molecule has 0 bridgehead atoms. The molecule has 1 aliphatic carbocycles. The molecule has 0 spiro atoms. The predicted octanol–water partition coefficient (Wildman–Crippen LogP) is 0.845. The quantitative estimate of drug-likeness (QED) is 0.867. The first kappa shape index (κ1) is 15.0. The van der Waals surface area contributed by atoms with Gasteiger partial charge in [-0.1, -0.05) is 12.1 Å². The van der Waals surface area contributed by atoms with E-state index in [4.69, 9.17) is 5.73 Å². The van der Waals surface area contributed by atoms with Gasteiger partial charge in [-0.3, -0.25) is 0 Å². The summed E-state index contributed by atoms with van der Waals surface area (Å²) in [6.45, 7) is 3.09. The fourth-order valence-electron chi connectivity index (χ4n) is 3.58. The summed E-state index contributed by atoms with van der Waals surface area (Å²) in [6.07, 6.45) is 1.36. The molecule has 2 fully saturated rings. The first-order valence-electron chi connectivity index (χ1n) is 7.41. The van der Waals surface area contributed by atoms with Crippen LogP contribution >= 0.6 is 0 Å². The zero-order chi connectivity index (χ0) is 15.2. The molecule has 1 aromatic rings. The lowest BCUT2D eigenvalue weighted by atomic mass is 10.00. The van der Waals surface area contributed by atoms with Gasteiger partial charge < -0.3 is 10.8 Å². The molecule has 1 saturated heterocycles. The second-order valence-corrected chi connectivity index (χ2v) is 8.10. The summed E-state index contributed by atoms with van der Waals surface area (Å²) in [5.41, 5.74) is 7.18. The number of aliphatic hydroxyl groups excluding tert-OH is 1. The van der Waals surface area contributed by atoms with Crippen molar-refractivity contribution >= 4 is 10.0 Å². The van der Waals surface area contributed by atoms with Crippen LogP contribution in [-0.4, -0.2) is 37.0 Å². The lowest BCUT2D eigenvalue weighted by Crippen LogP contribution is -2.31. The topological polar surface area (TPSA) is 83.6 Å². The Bertz CT molecular complexity index is 644. The molecule has 1 aromatic carbocycles. The summed E-state index contributed by atoms with van der Waals surface area (Å²) >= 11 is 0. The van der Waals surface area contributed by atoms with Gasteiger partial charge in [0.15, 0.2) is 0 Å². The summed E-state index contributed by atoms with van der Waals surface area (Å²) < 4.78 is 27.3. The van der Waals surface area contributed by atoms with Crippen molar-refractivity contribution in [3.05, 3.63) is 29.3 Å². The minimum atomic E-state index is -3.50. The standard InChI is InChI=1S/C15H22N2O3S/c1-10-2-3-11(7-16)6-15(10)21(19,20)17-8-12-4-5-14(18)13(12)9-17/h2-3,6,12-14,18H,4-5,7-9,16H2,1H3. The third-order valence-electron chi connectivity index (χ3n) is 4.89. The molecule has 0 amide bonds. The van der Waals surface area contributed by atoms with E-state index in [1.807, 2.05) is 6.07 Å². The average molecular weight is 310 g/mol. The van der Waals surface area contributed by atoms with Crippen LogP contribution in [0.4, 0.5) is 0 Å². The Balaban J connectivity index is 1.91. The number of nitrogens with two attached hydrogens (primary N) is 1. The van der Waals surface area contributed by atoms with Crippen LogP contribution in [0.15, 0.2) is 23.1 Å². The summed E-state index contributed by atoms with van der Waals surface area (Å²) in [5, 5.41) is 9.95. The van der Waals surface area contributed by atoms with Gasteiger partial charge in [0, 0.05) is 25.6 Å². The molecular weight excluding hydrogens is 288 g/mol. The largest absolute Gasteiger partial charge is 0.393 e. The first-order valence-corrected chi connectivity index (χ1v) is 8.85. The van der Waals surface area contributed by atoms with Crippen LogP contribution in [0.5, 0.6) is 0 Å². The fourth-order valence-corrected chi connectivity index (χ4v) is 5.39. The highest BCUT2D eigenvalue weighted by Crippen LogP contribution is 2.40. The zero-order valence-electron chi connectivity index (χ0n) is 12.2. The SMILES string of the molecule is Cc1ccc(CN)cc1S(=O)(=O)N1CC2CCC(O)C2C1. The van der Waals surface area contributed by atoms with Crippen LogP contribution in [0, 0.1) is 18.8 Å². The van der Waals surface area contributed by atoms with E-state index in [1.165, 1.54) is 4.31 Å². The van der Waals surface area contributed by atoms with Gasteiger partial charge in [0.05, 0.1) is 11.0 Å². The highest BCUT2D eigenvalue weighted by atomic mass is 32.2. The molecule has 5 nitrogen and oxygen atoms in total. The molecule has 1 heterocycles. The molecule has 3 unspecified atom stereocenters. The Hall–Kier alpha value is -0.950. The van der Waals surface area contributed by atoms with E-state index in [0.717, 1.165) is 24.0 Å². The van der Waals surface area contributed by atoms with E-state index in [9.17, 15) is 13.5 Å². The van der Waals surface area contributed by atoms with Crippen molar-refractivity contribution in [1.29, 1.82) is 0 Å². The van der Waals surface area contributed by atoms with Crippen molar-refractivity contribution < 1.29 is 13.5 Å². The molecule has 0 aromatic heterocycles. The Morgan fingerprint density at radius 1 is 1.33 bits per heavy atom. The number of hydrogen-bond acceptors (Lipinski definition) is 4. The van der Waals surface area contributed by atoms with E-state index in [2.05, 4.69) is 0 Å². The maximum Gasteiger partial charge on any atom is 0.243 e. The monoisotopic (exact) mass is 310 g/mol. The third kappa shape index (κ3) is 2.50. The van der Waals surface area contributed by atoms with Gasteiger partial charge in [-0.15, -0.1) is 0 Å². The van der Waals surface area contributed by atoms with Crippen LogP contribution in [0.2, 0.25) is 0 Å². The molecule has 116 valence electrons. The van der Waals surface area contributed by atoms with Gasteiger partial charge in [-0.05, 0) is 42.9 Å². The Kier molecular flexibility index (Phi) is 3.81. The van der Waals surface area contributed by atoms with Crippen molar-refractivity contribution in [2.24, 2.45) is 17.6 Å². The average Bonchev–Trinajstić information content (AvgIpc) is 3.02. The van der Waals surface area contributed by atoms with Gasteiger partial charge in [-0.25, -0.2) is 8.42 Å². The smallest absolute Gasteiger partial charge is 0.243 e. The molecule has 0 radical (unpaired) electrons. The van der Waals surface area contributed by atoms with E-state index < -0.39 is 10.0 Å². The normalized spacial score (nSPS) is 29.8. The number of benzene rings is 1. The number of aryl methyl sites for hydroxylation is 1. The lowest BCUT2D eigenvalue weighted by molar-refractivity contribution is 0.129. The van der Waals surface area contributed by atoms with Gasteiger partial charge in [0.25, 0.3) is 0 Å². The van der Waals surface area contributed by atoms with Crippen LogP contribution in [0.1, 0.15) is 24.0 Å². The van der Waals surface area contributed by atoms with Gasteiger partial charge >= 0.3 is 0 Å². The molecular formula is C15H22N2O3S. The second-order valence-electron chi connectivity index (χ2n) is 6.19. The van der Waals surface area contributed by atoms with E-state index in [-0.39, 0.29) is 12.0 Å². The fraction of sp³-hybridized carbons (Fsp3) is 0.600. The van der Waals surface area contributed by atoms with Gasteiger partial charge in [-0.2, -0.15) is 4.31 Å². The maximum absolute atomic E-state index is 12.9. The third-order valence-corrected chi connectivity index (χ3v) is 6.87. The molecule has 3 atom stereocenters. The Morgan fingerprint density at radius 2 is 2.10 bits per heavy atom. The number of sulfonamides is 1. The predicted molar refractivity (Wildman–Crippen MR) is 80.1 cm³/mol. The summed E-state index contributed by atoms with van der Waals surface area (Å²) in [6, 6.07) is 5.34. The van der Waals surface area contributed by atoms with Crippen molar-refractivity contribution in [2.45, 2.75) is 37.3 Å². The molecule has 6 heteroatoms. The van der Waals surface area contributed by atoms with Crippen LogP contribution in [0.25, 0.3) is 0 Å². The minimum Gasteiger partial charge on any atom is -0.393 e. The summed E-state index contributed by atoms with van der Waals surface area (Å²) in [4.78, 5) is 0.347. The van der Waals surface area contributed by atoms with Crippen LogP contribution < -0.4 is 5.73 Å². The van der Waals surface area contributed by atoms with Crippen molar-refractivity contribution in [3.63, 3.8) is 0 Å². The van der Waals surface area contributed by atoms with Crippen molar-refractivity contribution in [3.8, 4) is 0 Å². The van der Waals surface area contributed by atoms with E-state index in [0.29, 0.717) is 30.4 Å². The van der Waals surface area contributed by atoms with E-state index >= 15 is 0 Å². The lowest BCUT2D eigenvalue weighted by Gasteiger charge is -2.20.